The third-order valence-electron chi connectivity index (χ3n) is 6.44. The fourth-order valence-corrected chi connectivity index (χ4v) is 6.91. The van der Waals surface area contributed by atoms with Crippen LogP contribution in [0.3, 0.4) is 0 Å². The van der Waals surface area contributed by atoms with E-state index >= 15 is 4.39 Å². The lowest BCUT2D eigenvalue weighted by molar-refractivity contribution is -0.0234. The maximum Gasteiger partial charge on any atom is 0.388 e. The molecule has 42 heavy (non-hydrogen) atoms. The van der Waals surface area contributed by atoms with Crippen molar-refractivity contribution in [2.24, 2.45) is 0 Å². The molecular formula is C22H30FN10O6PS2. The number of halogens is 1. The maximum atomic E-state index is 15.7. The van der Waals surface area contributed by atoms with E-state index in [1.807, 2.05) is 0 Å². The second kappa shape index (κ2) is 12.8. The summed E-state index contributed by atoms with van der Waals surface area (Å²) in [5.41, 5.74) is 11.9. The number of hydrogen-bond acceptors (Lipinski definition) is 14. The quantitative estimate of drug-likeness (QED) is 0.0801. The SMILES string of the molecule is CC(O)CCCS[C@H]([C@@H](F)OP(=O)(S)OC[C@@H]1CC[C@H](n2cnc3c(N)ncnc32)O1)n1cnc2c(=O)[nH]c(N)nc21. The molecule has 1 saturated heterocycles. The number of imidazole rings is 2. The average Bonchev–Trinajstić information content (AvgIpc) is 3.66. The van der Waals surface area contributed by atoms with Crippen molar-refractivity contribution in [3.63, 3.8) is 0 Å². The molecule has 20 heteroatoms. The number of nitrogen functional groups attached to an aromatic ring is 2. The molecule has 1 fully saturated rings. The number of aromatic nitrogens is 8. The highest BCUT2D eigenvalue weighted by Gasteiger charge is 2.36. The molecule has 0 amide bonds. The number of aliphatic hydroxyl groups excluding tert-OH is 1. The Labute approximate surface area is 247 Å². The van der Waals surface area contributed by atoms with Gasteiger partial charge in [-0.2, -0.15) is 4.98 Å². The molecule has 6 atom stereocenters. The van der Waals surface area contributed by atoms with Crippen LogP contribution >= 0.6 is 30.8 Å². The number of H-pyrrole nitrogens is 1. The average molecular weight is 645 g/mol. The van der Waals surface area contributed by atoms with Crippen LogP contribution in [0.5, 0.6) is 0 Å². The van der Waals surface area contributed by atoms with Crippen molar-refractivity contribution in [3.8, 4) is 0 Å². The number of anilines is 2. The molecule has 1 aliphatic heterocycles. The van der Waals surface area contributed by atoms with E-state index in [4.69, 9.17) is 25.3 Å². The Morgan fingerprint density at radius 1 is 1.26 bits per heavy atom. The Hall–Kier alpha value is -2.80. The lowest BCUT2D eigenvalue weighted by atomic mass is 10.2. The van der Waals surface area contributed by atoms with E-state index in [1.165, 1.54) is 17.2 Å². The van der Waals surface area contributed by atoms with Gasteiger partial charge in [-0.3, -0.25) is 28.0 Å². The summed E-state index contributed by atoms with van der Waals surface area (Å²) in [5, 5.41) is 8.39. The topological polar surface area (TPSA) is 224 Å². The van der Waals surface area contributed by atoms with Crippen LogP contribution in [0.2, 0.25) is 0 Å². The number of aliphatic hydroxyl groups is 1. The molecule has 6 N–H and O–H groups in total. The molecule has 4 aromatic heterocycles. The van der Waals surface area contributed by atoms with Crippen molar-refractivity contribution in [2.45, 2.75) is 62.8 Å². The molecule has 0 saturated carbocycles. The van der Waals surface area contributed by atoms with E-state index < -0.39 is 42.5 Å². The van der Waals surface area contributed by atoms with Gasteiger partial charge < -0.3 is 21.3 Å². The van der Waals surface area contributed by atoms with Crippen molar-refractivity contribution in [1.29, 1.82) is 0 Å². The third kappa shape index (κ3) is 6.88. The van der Waals surface area contributed by atoms with Gasteiger partial charge in [0, 0.05) is 0 Å². The molecule has 228 valence electrons. The molecule has 0 spiro atoms. The Morgan fingerprint density at radius 2 is 2.05 bits per heavy atom. The number of alkyl halides is 1. The lowest BCUT2D eigenvalue weighted by Gasteiger charge is -2.25. The van der Waals surface area contributed by atoms with Gasteiger partial charge in [-0.15, -0.1) is 11.8 Å². The van der Waals surface area contributed by atoms with Gasteiger partial charge in [-0.1, -0.05) is 12.2 Å². The smallest absolute Gasteiger partial charge is 0.388 e. The minimum atomic E-state index is -4.23. The standard InChI is InChI=1S/C22H30FN10O6PS2/c1-11(34)3-2-6-42-21(33-10-29-15-19(33)30-22(25)31-20(15)35)16(23)39-40(36,41)37-7-12-4-5-13(38-12)32-9-28-14-17(24)26-8-27-18(14)32/h8-13,16,21,34H,2-7H2,1H3,(H,36,41)(H2,24,26,27)(H3,25,30,31,35)/t11?,12-,13+,16-,21+,40?/m0/s1. The van der Waals surface area contributed by atoms with Gasteiger partial charge >= 0.3 is 6.80 Å². The van der Waals surface area contributed by atoms with Crippen LogP contribution < -0.4 is 17.0 Å². The zero-order valence-corrected chi connectivity index (χ0v) is 24.9. The van der Waals surface area contributed by atoms with Crippen LogP contribution in [0.25, 0.3) is 22.3 Å². The first-order valence-electron chi connectivity index (χ1n) is 12.9. The molecular weight excluding hydrogens is 614 g/mol. The molecule has 2 unspecified atom stereocenters. The molecule has 0 bridgehead atoms. The van der Waals surface area contributed by atoms with Crippen LogP contribution in [-0.4, -0.2) is 75.1 Å². The van der Waals surface area contributed by atoms with Crippen LogP contribution in [0.1, 0.15) is 44.2 Å². The predicted molar refractivity (Wildman–Crippen MR) is 156 cm³/mol. The molecule has 5 rings (SSSR count). The van der Waals surface area contributed by atoms with Crippen LogP contribution in [0.4, 0.5) is 16.2 Å². The number of hydrogen-bond donors (Lipinski definition) is 5. The number of fused-ring (bicyclic) bond motifs is 2. The molecule has 0 radical (unpaired) electrons. The van der Waals surface area contributed by atoms with Gasteiger partial charge in [0.05, 0.1) is 31.5 Å². The fourth-order valence-electron chi connectivity index (χ4n) is 4.48. The van der Waals surface area contributed by atoms with Gasteiger partial charge in [-0.05, 0) is 38.4 Å². The Balaban J connectivity index is 1.24. The first-order chi connectivity index (χ1) is 20.0. The van der Waals surface area contributed by atoms with Crippen molar-refractivity contribution in [2.75, 3.05) is 23.8 Å². The van der Waals surface area contributed by atoms with Gasteiger partial charge in [0.25, 0.3) is 5.56 Å². The Kier molecular flexibility index (Phi) is 9.36. The highest BCUT2D eigenvalue weighted by atomic mass is 32.7. The number of aromatic amines is 1. The number of nitrogens with two attached hydrogens (primary N) is 2. The van der Waals surface area contributed by atoms with Crippen LogP contribution in [0.15, 0.2) is 23.8 Å². The van der Waals surface area contributed by atoms with E-state index in [2.05, 4.69) is 42.2 Å². The fraction of sp³-hybridized carbons (Fsp3) is 0.545. The minimum absolute atomic E-state index is 0.0230. The monoisotopic (exact) mass is 644 g/mol. The molecule has 5 heterocycles. The van der Waals surface area contributed by atoms with E-state index in [-0.39, 0.29) is 29.5 Å². The maximum absolute atomic E-state index is 15.7. The summed E-state index contributed by atoms with van der Waals surface area (Å²) >= 11 is 5.08. The van der Waals surface area contributed by atoms with Gasteiger partial charge in [-0.25, -0.2) is 28.9 Å². The van der Waals surface area contributed by atoms with E-state index in [9.17, 15) is 14.5 Å². The van der Waals surface area contributed by atoms with Crippen LogP contribution in [0, 0.1) is 0 Å². The van der Waals surface area contributed by atoms with Crippen molar-refractivity contribution in [3.05, 3.63) is 29.3 Å². The number of rotatable bonds is 13. The number of nitrogens with zero attached hydrogens (tertiary/aromatic N) is 7. The van der Waals surface area contributed by atoms with Crippen LogP contribution in [-0.2, 0) is 18.3 Å². The normalized spacial score (nSPS) is 21.0. The number of nitrogens with one attached hydrogen (secondary N) is 1. The summed E-state index contributed by atoms with van der Waals surface area (Å²) < 4.78 is 48.4. The molecule has 0 aromatic carbocycles. The van der Waals surface area contributed by atoms with E-state index in [0.717, 1.165) is 11.8 Å². The van der Waals surface area contributed by atoms with Crippen molar-refractivity contribution < 1.29 is 27.8 Å². The Bertz CT molecular complexity index is 1650. The van der Waals surface area contributed by atoms with Gasteiger partial charge in [0.1, 0.15) is 23.4 Å². The van der Waals surface area contributed by atoms with Crippen molar-refractivity contribution >= 4 is 64.9 Å². The largest absolute Gasteiger partial charge is 0.393 e. The summed E-state index contributed by atoms with van der Waals surface area (Å²) in [6.07, 6.45) is 2.62. The minimum Gasteiger partial charge on any atom is -0.393 e. The second-order valence-electron chi connectivity index (χ2n) is 9.62. The van der Waals surface area contributed by atoms with Gasteiger partial charge in [0.15, 0.2) is 22.6 Å². The third-order valence-corrected chi connectivity index (χ3v) is 9.32. The molecule has 4 aromatic rings. The summed E-state index contributed by atoms with van der Waals surface area (Å²) in [7, 11) is 0. The van der Waals surface area contributed by atoms with Crippen molar-refractivity contribution in [1.82, 2.24) is 39.0 Å². The molecule has 16 nitrogen and oxygen atoms in total. The van der Waals surface area contributed by atoms with E-state index in [0.29, 0.717) is 42.6 Å². The Morgan fingerprint density at radius 3 is 2.83 bits per heavy atom. The second-order valence-corrected chi connectivity index (χ2v) is 13.7. The summed E-state index contributed by atoms with van der Waals surface area (Å²) in [4.78, 5) is 35.1. The first kappa shape index (κ1) is 30.7. The van der Waals surface area contributed by atoms with E-state index in [1.54, 1.807) is 17.8 Å². The summed E-state index contributed by atoms with van der Waals surface area (Å²) in [6.45, 7) is -2.76. The molecule has 1 aliphatic rings. The highest BCUT2D eigenvalue weighted by Crippen LogP contribution is 2.56. The molecule has 0 aliphatic carbocycles. The predicted octanol–water partition coefficient (Wildman–Crippen LogP) is 2.56. The van der Waals surface area contributed by atoms with Gasteiger partial charge in [0.2, 0.25) is 12.3 Å². The summed E-state index contributed by atoms with van der Waals surface area (Å²) in [5.74, 6) is 0.465. The number of thioether (sulfide) groups is 1. The number of ether oxygens (including phenoxy) is 1. The first-order valence-corrected chi connectivity index (χ1v) is 16.7. The number of thiol groups is 1. The lowest BCUT2D eigenvalue weighted by Crippen LogP contribution is -2.22. The zero-order valence-electron chi connectivity index (χ0n) is 22.3. The summed E-state index contributed by atoms with van der Waals surface area (Å²) in [6, 6.07) is 0. The zero-order chi connectivity index (χ0) is 30.0. The highest BCUT2D eigenvalue weighted by molar-refractivity contribution is 8.44.